The summed E-state index contributed by atoms with van der Waals surface area (Å²) >= 11 is 5.79. The maximum atomic E-state index is 11.7. The molecule has 0 spiro atoms. The number of hydrogen-bond donors (Lipinski definition) is 2. The quantitative estimate of drug-likeness (QED) is 0.849. The Morgan fingerprint density at radius 1 is 1.10 bits per heavy atom. The lowest BCUT2D eigenvalue weighted by Gasteiger charge is -2.06. The Labute approximate surface area is 121 Å². The summed E-state index contributed by atoms with van der Waals surface area (Å²) in [6.45, 7) is 0.268. The number of pyridine rings is 1. The standard InChI is InChI=1S/C14H12ClN3O2/c15-11-2-1-3-12(8-11)18-14(20)13(19)17-9-10-4-6-16-7-5-10/h1-8H,9H2,(H,17,19)(H,18,20). The van der Waals surface area contributed by atoms with Crippen LogP contribution < -0.4 is 10.6 Å². The molecular formula is C14H12ClN3O2. The van der Waals surface area contributed by atoms with Crippen molar-refractivity contribution in [2.24, 2.45) is 0 Å². The van der Waals surface area contributed by atoms with Crippen LogP contribution in [0.15, 0.2) is 48.8 Å². The first-order chi connectivity index (χ1) is 9.65. The second kappa shape index (κ2) is 6.68. The molecule has 0 radical (unpaired) electrons. The first kappa shape index (κ1) is 14.0. The number of carbonyl (C=O) groups is 2. The van der Waals surface area contributed by atoms with Crippen LogP contribution in [-0.4, -0.2) is 16.8 Å². The number of carbonyl (C=O) groups excluding carboxylic acids is 2. The first-order valence-corrected chi connectivity index (χ1v) is 6.26. The summed E-state index contributed by atoms with van der Waals surface area (Å²) in [4.78, 5) is 27.2. The van der Waals surface area contributed by atoms with Crippen molar-refractivity contribution in [3.63, 3.8) is 0 Å². The minimum absolute atomic E-state index is 0.268. The summed E-state index contributed by atoms with van der Waals surface area (Å²) in [5.74, 6) is -1.44. The fourth-order valence-corrected chi connectivity index (χ4v) is 1.71. The minimum Gasteiger partial charge on any atom is -0.344 e. The van der Waals surface area contributed by atoms with Gasteiger partial charge in [0.05, 0.1) is 0 Å². The summed E-state index contributed by atoms with van der Waals surface area (Å²) < 4.78 is 0. The number of rotatable bonds is 3. The normalized spacial score (nSPS) is 9.85. The number of halogens is 1. The summed E-state index contributed by atoms with van der Waals surface area (Å²) in [6, 6.07) is 10.1. The van der Waals surface area contributed by atoms with E-state index in [-0.39, 0.29) is 6.54 Å². The molecule has 20 heavy (non-hydrogen) atoms. The van der Waals surface area contributed by atoms with Crippen LogP contribution in [0.3, 0.4) is 0 Å². The zero-order chi connectivity index (χ0) is 14.4. The van der Waals surface area contributed by atoms with E-state index in [4.69, 9.17) is 11.6 Å². The van der Waals surface area contributed by atoms with E-state index >= 15 is 0 Å². The highest BCUT2D eigenvalue weighted by Gasteiger charge is 2.13. The molecule has 1 aromatic carbocycles. The summed E-state index contributed by atoms with van der Waals surface area (Å²) in [7, 11) is 0. The Morgan fingerprint density at radius 3 is 2.55 bits per heavy atom. The fourth-order valence-electron chi connectivity index (χ4n) is 1.52. The van der Waals surface area contributed by atoms with Gasteiger partial charge in [0.15, 0.2) is 0 Å². The van der Waals surface area contributed by atoms with Gasteiger partial charge in [-0.05, 0) is 35.9 Å². The zero-order valence-electron chi connectivity index (χ0n) is 10.5. The van der Waals surface area contributed by atoms with Crippen LogP contribution in [0.4, 0.5) is 5.69 Å². The molecule has 2 rings (SSSR count). The number of hydrogen-bond acceptors (Lipinski definition) is 3. The van der Waals surface area contributed by atoms with Crippen molar-refractivity contribution in [1.82, 2.24) is 10.3 Å². The van der Waals surface area contributed by atoms with Gasteiger partial charge >= 0.3 is 11.8 Å². The molecule has 2 aromatic rings. The fraction of sp³-hybridized carbons (Fsp3) is 0.0714. The monoisotopic (exact) mass is 289 g/mol. The van der Waals surface area contributed by atoms with Crippen LogP contribution in [0.5, 0.6) is 0 Å². The molecule has 2 amide bonds. The molecule has 0 fully saturated rings. The Bertz CT molecular complexity index is 617. The molecule has 0 unspecified atom stereocenters. The van der Waals surface area contributed by atoms with Gasteiger partial charge in [-0.3, -0.25) is 14.6 Å². The number of anilines is 1. The van der Waals surface area contributed by atoms with Crippen molar-refractivity contribution in [1.29, 1.82) is 0 Å². The van der Waals surface area contributed by atoms with Gasteiger partial charge in [-0.25, -0.2) is 0 Å². The SMILES string of the molecule is O=C(NCc1ccncc1)C(=O)Nc1cccc(Cl)c1. The summed E-state index contributed by atoms with van der Waals surface area (Å²) in [5.41, 5.74) is 1.34. The van der Waals surface area contributed by atoms with Crippen LogP contribution in [-0.2, 0) is 16.1 Å². The lowest BCUT2D eigenvalue weighted by Crippen LogP contribution is -2.34. The maximum Gasteiger partial charge on any atom is 0.313 e. The maximum absolute atomic E-state index is 11.7. The third-order valence-electron chi connectivity index (χ3n) is 2.49. The molecule has 2 N–H and O–H groups in total. The van der Waals surface area contributed by atoms with Gasteiger partial charge in [0, 0.05) is 29.6 Å². The molecule has 0 aliphatic heterocycles. The van der Waals surface area contributed by atoms with Crippen LogP contribution in [0, 0.1) is 0 Å². The Kier molecular flexibility index (Phi) is 4.68. The van der Waals surface area contributed by atoms with Crippen LogP contribution in [0.2, 0.25) is 5.02 Å². The largest absolute Gasteiger partial charge is 0.344 e. The second-order valence-electron chi connectivity index (χ2n) is 4.00. The second-order valence-corrected chi connectivity index (χ2v) is 4.44. The average Bonchev–Trinajstić information content (AvgIpc) is 2.46. The van der Waals surface area contributed by atoms with Crippen molar-refractivity contribution in [2.75, 3.05) is 5.32 Å². The lowest BCUT2D eigenvalue weighted by molar-refractivity contribution is -0.136. The van der Waals surface area contributed by atoms with E-state index in [1.165, 1.54) is 0 Å². The highest BCUT2D eigenvalue weighted by atomic mass is 35.5. The van der Waals surface area contributed by atoms with E-state index in [0.29, 0.717) is 10.7 Å². The molecule has 1 heterocycles. The Balaban J connectivity index is 1.88. The number of nitrogens with zero attached hydrogens (tertiary/aromatic N) is 1. The van der Waals surface area contributed by atoms with E-state index in [1.807, 2.05) is 0 Å². The molecule has 0 bridgehead atoms. The summed E-state index contributed by atoms with van der Waals surface area (Å²) in [6.07, 6.45) is 3.24. The van der Waals surface area contributed by atoms with Crippen LogP contribution in [0.25, 0.3) is 0 Å². The van der Waals surface area contributed by atoms with Gasteiger partial charge in [0.1, 0.15) is 0 Å². The lowest BCUT2D eigenvalue weighted by atomic mass is 10.2. The highest BCUT2D eigenvalue weighted by molar-refractivity contribution is 6.39. The van der Waals surface area contributed by atoms with E-state index in [2.05, 4.69) is 15.6 Å². The minimum atomic E-state index is -0.735. The molecule has 5 nitrogen and oxygen atoms in total. The third kappa shape index (κ3) is 4.07. The molecular weight excluding hydrogens is 278 g/mol. The molecule has 102 valence electrons. The Morgan fingerprint density at radius 2 is 1.85 bits per heavy atom. The van der Waals surface area contributed by atoms with Crippen molar-refractivity contribution in [2.45, 2.75) is 6.54 Å². The molecule has 0 saturated heterocycles. The molecule has 0 aliphatic carbocycles. The zero-order valence-corrected chi connectivity index (χ0v) is 11.2. The Hall–Kier alpha value is -2.40. The van der Waals surface area contributed by atoms with Gasteiger partial charge in [0.2, 0.25) is 0 Å². The third-order valence-corrected chi connectivity index (χ3v) is 2.73. The topological polar surface area (TPSA) is 71.1 Å². The predicted octanol–water partition coefficient (Wildman–Crippen LogP) is 1.99. The van der Waals surface area contributed by atoms with Crippen LogP contribution >= 0.6 is 11.6 Å². The summed E-state index contributed by atoms with van der Waals surface area (Å²) in [5, 5.41) is 5.48. The molecule has 6 heteroatoms. The van der Waals surface area contributed by atoms with Gasteiger partial charge < -0.3 is 10.6 Å². The van der Waals surface area contributed by atoms with Gasteiger partial charge in [-0.1, -0.05) is 17.7 Å². The van der Waals surface area contributed by atoms with E-state index < -0.39 is 11.8 Å². The van der Waals surface area contributed by atoms with E-state index in [1.54, 1.807) is 48.8 Å². The number of nitrogens with one attached hydrogen (secondary N) is 2. The van der Waals surface area contributed by atoms with E-state index in [0.717, 1.165) is 5.56 Å². The molecule has 1 aromatic heterocycles. The molecule has 0 atom stereocenters. The van der Waals surface area contributed by atoms with Crippen molar-refractivity contribution in [3.8, 4) is 0 Å². The van der Waals surface area contributed by atoms with Crippen molar-refractivity contribution in [3.05, 3.63) is 59.4 Å². The predicted molar refractivity (Wildman–Crippen MR) is 76.2 cm³/mol. The smallest absolute Gasteiger partial charge is 0.313 e. The van der Waals surface area contributed by atoms with E-state index in [9.17, 15) is 9.59 Å². The molecule has 0 saturated carbocycles. The van der Waals surface area contributed by atoms with Gasteiger partial charge in [0.25, 0.3) is 0 Å². The van der Waals surface area contributed by atoms with Gasteiger partial charge in [-0.15, -0.1) is 0 Å². The molecule has 0 aliphatic rings. The number of benzene rings is 1. The highest BCUT2D eigenvalue weighted by Crippen LogP contribution is 2.14. The van der Waals surface area contributed by atoms with Crippen LogP contribution in [0.1, 0.15) is 5.56 Å². The van der Waals surface area contributed by atoms with Crippen molar-refractivity contribution >= 4 is 29.1 Å². The first-order valence-electron chi connectivity index (χ1n) is 5.89. The number of aromatic nitrogens is 1. The average molecular weight is 290 g/mol. The van der Waals surface area contributed by atoms with Gasteiger partial charge in [-0.2, -0.15) is 0 Å². The van der Waals surface area contributed by atoms with Crippen molar-refractivity contribution < 1.29 is 9.59 Å². The number of amides is 2.